The van der Waals surface area contributed by atoms with Gasteiger partial charge in [0.15, 0.2) is 0 Å². The largest absolute Gasteiger partial charge is 1.00 e. The lowest BCUT2D eigenvalue weighted by molar-refractivity contribution is -0.595. The van der Waals surface area contributed by atoms with Crippen molar-refractivity contribution < 1.29 is 29.3 Å². The van der Waals surface area contributed by atoms with Gasteiger partial charge >= 0.3 is 0 Å². The number of halogens is 1. The molecule has 3 N–H and O–H groups in total. The van der Waals surface area contributed by atoms with Gasteiger partial charge in [-0.3, -0.25) is 5.32 Å². The zero-order valence-electron chi connectivity index (χ0n) is 4.02. The number of quaternary nitrogens is 1. The van der Waals surface area contributed by atoms with E-state index in [0.29, 0.717) is 0 Å². The third kappa shape index (κ3) is 3.02. The molecule has 0 aromatic rings. The quantitative estimate of drug-likeness (QED) is 0.390. The molecule has 0 bridgehead atoms. The molecule has 7 heavy (non-hydrogen) atoms. The van der Waals surface area contributed by atoms with Gasteiger partial charge in [0.1, 0.15) is 6.67 Å². The summed E-state index contributed by atoms with van der Waals surface area (Å²) in [5.41, 5.74) is 0. The SMILES string of the molecule is C1=C[NH2+]CNC1.[I-]. The van der Waals surface area contributed by atoms with E-state index >= 15 is 0 Å². The van der Waals surface area contributed by atoms with E-state index in [4.69, 9.17) is 0 Å². The second-order valence-corrected chi connectivity index (χ2v) is 1.32. The zero-order chi connectivity index (χ0) is 4.24. The van der Waals surface area contributed by atoms with Crippen molar-refractivity contribution in [3.05, 3.63) is 12.3 Å². The van der Waals surface area contributed by atoms with Crippen LogP contribution in [-0.2, 0) is 0 Å². The van der Waals surface area contributed by atoms with Crippen molar-refractivity contribution in [1.82, 2.24) is 5.32 Å². The number of nitrogens with one attached hydrogen (secondary N) is 1. The molecular formula is C4H9IN2. The average Bonchev–Trinajstić information content (AvgIpc) is 1.72. The maximum Gasteiger partial charge on any atom is 0.133 e. The molecule has 0 radical (unpaired) electrons. The van der Waals surface area contributed by atoms with Gasteiger partial charge in [-0.15, -0.1) is 0 Å². The lowest BCUT2D eigenvalue weighted by Gasteiger charge is -1.99. The van der Waals surface area contributed by atoms with Gasteiger partial charge in [0.2, 0.25) is 0 Å². The van der Waals surface area contributed by atoms with E-state index in [0.717, 1.165) is 13.2 Å². The maximum absolute atomic E-state index is 3.14. The van der Waals surface area contributed by atoms with Crippen LogP contribution in [0.2, 0.25) is 0 Å². The summed E-state index contributed by atoms with van der Waals surface area (Å²) in [4.78, 5) is 0. The normalized spacial score (nSPS) is 18.3. The second kappa shape index (κ2) is 4.55. The molecule has 0 aliphatic carbocycles. The lowest BCUT2D eigenvalue weighted by Crippen LogP contribution is -3.00. The molecule has 2 nitrogen and oxygen atoms in total. The van der Waals surface area contributed by atoms with Gasteiger partial charge in [-0.25, -0.2) is 0 Å². The van der Waals surface area contributed by atoms with E-state index in [1.165, 1.54) is 0 Å². The van der Waals surface area contributed by atoms with Crippen molar-refractivity contribution in [3.8, 4) is 0 Å². The summed E-state index contributed by atoms with van der Waals surface area (Å²) in [5.74, 6) is 0. The van der Waals surface area contributed by atoms with Gasteiger partial charge in [-0.05, 0) is 6.08 Å². The average molecular weight is 212 g/mol. The molecule has 0 saturated carbocycles. The Balaban J connectivity index is 0.000000360. The summed E-state index contributed by atoms with van der Waals surface area (Å²) in [6.07, 6.45) is 4.18. The number of hydrogen-bond donors (Lipinski definition) is 2. The highest BCUT2D eigenvalue weighted by molar-refractivity contribution is 4.75. The molecular weight excluding hydrogens is 203 g/mol. The second-order valence-electron chi connectivity index (χ2n) is 1.32. The maximum atomic E-state index is 3.14. The minimum atomic E-state index is 0. The standard InChI is InChI=1S/C4H8N2.HI/c1-2-5-4-6-3-1;/h1-2,5-6H,3-4H2;1H. The highest BCUT2D eigenvalue weighted by atomic mass is 127. The molecule has 0 amide bonds. The van der Waals surface area contributed by atoms with E-state index in [2.05, 4.69) is 22.9 Å². The summed E-state index contributed by atoms with van der Waals surface area (Å²) in [5, 5.41) is 5.24. The van der Waals surface area contributed by atoms with Crippen LogP contribution in [0, 0.1) is 0 Å². The fraction of sp³-hybridized carbons (Fsp3) is 0.500. The predicted octanol–water partition coefficient (Wildman–Crippen LogP) is -4.37. The molecule has 3 heteroatoms. The van der Waals surface area contributed by atoms with Crippen LogP contribution in [0.3, 0.4) is 0 Å². The Bertz CT molecular complexity index is 54.7. The highest BCUT2D eigenvalue weighted by Gasteiger charge is 1.86. The Morgan fingerprint density at radius 1 is 1.57 bits per heavy atom. The Labute approximate surface area is 60.4 Å². The molecule has 42 valence electrons. The minimum Gasteiger partial charge on any atom is -1.00 e. The Morgan fingerprint density at radius 3 is 2.57 bits per heavy atom. The first-order chi connectivity index (χ1) is 3.00. The topological polar surface area (TPSA) is 28.6 Å². The third-order valence-corrected chi connectivity index (χ3v) is 0.797. The van der Waals surface area contributed by atoms with Crippen LogP contribution in [-0.4, -0.2) is 13.2 Å². The summed E-state index contributed by atoms with van der Waals surface area (Å²) >= 11 is 0. The van der Waals surface area contributed by atoms with Crippen molar-refractivity contribution in [2.24, 2.45) is 0 Å². The number of nitrogens with two attached hydrogens (primary N) is 1. The monoisotopic (exact) mass is 212 g/mol. The van der Waals surface area contributed by atoms with Gasteiger partial charge in [0, 0.05) is 6.54 Å². The first-order valence-corrected chi connectivity index (χ1v) is 2.19. The number of hydrogen-bond acceptors (Lipinski definition) is 1. The van der Waals surface area contributed by atoms with Gasteiger partial charge < -0.3 is 29.3 Å². The van der Waals surface area contributed by atoms with Crippen molar-refractivity contribution in [2.75, 3.05) is 13.2 Å². The molecule has 1 heterocycles. The van der Waals surface area contributed by atoms with E-state index < -0.39 is 0 Å². The van der Waals surface area contributed by atoms with Crippen molar-refractivity contribution in [1.29, 1.82) is 0 Å². The van der Waals surface area contributed by atoms with Crippen LogP contribution in [0.5, 0.6) is 0 Å². The summed E-state index contributed by atoms with van der Waals surface area (Å²) in [6, 6.07) is 0. The Kier molecular flexibility index (Phi) is 4.80. The summed E-state index contributed by atoms with van der Waals surface area (Å²) in [7, 11) is 0. The molecule has 0 fully saturated rings. The smallest absolute Gasteiger partial charge is 0.133 e. The predicted molar refractivity (Wildman–Crippen MR) is 23.9 cm³/mol. The molecule has 1 rings (SSSR count). The highest BCUT2D eigenvalue weighted by Crippen LogP contribution is 1.60. The molecule has 0 spiro atoms. The van der Waals surface area contributed by atoms with Crippen LogP contribution >= 0.6 is 0 Å². The zero-order valence-corrected chi connectivity index (χ0v) is 6.18. The summed E-state index contributed by atoms with van der Waals surface area (Å²) in [6.45, 7) is 2.08. The van der Waals surface area contributed by atoms with Crippen LogP contribution in [0.4, 0.5) is 0 Å². The molecule has 0 atom stereocenters. The van der Waals surface area contributed by atoms with E-state index in [1.807, 2.05) is 0 Å². The molecule has 1 aliphatic heterocycles. The van der Waals surface area contributed by atoms with Crippen LogP contribution < -0.4 is 34.6 Å². The van der Waals surface area contributed by atoms with Crippen molar-refractivity contribution in [3.63, 3.8) is 0 Å². The molecule has 0 aromatic heterocycles. The van der Waals surface area contributed by atoms with E-state index in [9.17, 15) is 0 Å². The number of rotatable bonds is 0. The first-order valence-electron chi connectivity index (χ1n) is 2.19. The van der Waals surface area contributed by atoms with Crippen LogP contribution in [0.25, 0.3) is 0 Å². The first kappa shape index (κ1) is 7.39. The van der Waals surface area contributed by atoms with Crippen molar-refractivity contribution in [2.45, 2.75) is 0 Å². The van der Waals surface area contributed by atoms with Gasteiger partial charge in [-0.1, -0.05) is 0 Å². The lowest BCUT2D eigenvalue weighted by atomic mass is 10.5. The molecule has 0 aromatic carbocycles. The van der Waals surface area contributed by atoms with Crippen LogP contribution in [0.1, 0.15) is 0 Å². The van der Waals surface area contributed by atoms with Crippen LogP contribution in [0.15, 0.2) is 12.3 Å². The Morgan fingerprint density at radius 2 is 2.43 bits per heavy atom. The van der Waals surface area contributed by atoms with Gasteiger partial charge in [-0.2, -0.15) is 0 Å². The molecule has 1 aliphatic rings. The van der Waals surface area contributed by atoms with E-state index in [1.54, 1.807) is 0 Å². The summed E-state index contributed by atoms with van der Waals surface area (Å²) < 4.78 is 0. The van der Waals surface area contributed by atoms with Crippen molar-refractivity contribution >= 4 is 0 Å². The van der Waals surface area contributed by atoms with Gasteiger partial charge in [0.25, 0.3) is 0 Å². The van der Waals surface area contributed by atoms with E-state index in [-0.39, 0.29) is 24.0 Å². The third-order valence-electron chi connectivity index (χ3n) is 0.797. The fourth-order valence-corrected chi connectivity index (χ4v) is 0.482. The molecule has 0 unspecified atom stereocenters. The van der Waals surface area contributed by atoms with Gasteiger partial charge in [0.05, 0.1) is 6.20 Å². The Hall–Kier alpha value is 0.390. The molecule has 0 saturated heterocycles. The fourth-order valence-electron chi connectivity index (χ4n) is 0.482. The minimum absolute atomic E-state index is 0.